The second-order valence-corrected chi connectivity index (χ2v) is 3.61. The molecule has 1 unspecified atom stereocenters. The minimum atomic E-state index is -0.261. The van der Waals surface area contributed by atoms with Crippen LogP contribution in [0.15, 0.2) is 18.3 Å². The minimum absolute atomic E-state index is 0.261. The number of tetrazole rings is 1. The monoisotopic (exact) mass is 234 g/mol. The van der Waals surface area contributed by atoms with E-state index in [0.717, 1.165) is 5.56 Å². The van der Waals surface area contributed by atoms with Gasteiger partial charge in [0.1, 0.15) is 0 Å². The molecule has 0 aliphatic rings. The van der Waals surface area contributed by atoms with Gasteiger partial charge >= 0.3 is 0 Å². The number of rotatable bonds is 4. The predicted molar refractivity (Wildman–Crippen MR) is 60.2 cm³/mol. The third-order valence-electron chi connectivity index (χ3n) is 2.35. The van der Waals surface area contributed by atoms with Gasteiger partial charge in [0, 0.05) is 24.2 Å². The highest BCUT2D eigenvalue weighted by Crippen LogP contribution is 2.22. The van der Waals surface area contributed by atoms with E-state index in [2.05, 4.69) is 20.4 Å². The van der Waals surface area contributed by atoms with Gasteiger partial charge in [-0.15, -0.1) is 10.2 Å². The molecule has 2 rings (SSSR count). The van der Waals surface area contributed by atoms with E-state index in [1.165, 1.54) is 4.80 Å². The van der Waals surface area contributed by atoms with E-state index in [9.17, 15) is 0 Å². The van der Waals surface area contributed by atoms with Crippen LogP contribution < -0.4 is 10.5 Å². The van der Waals surface area contributed by atoms with Crippen molar-refractivity contribution in [3.8, 4) is 5.88 Å². The van der Waals surface area contributed by atoms with Gasteiger partial charge in [-0.2, -0.15) is 4.80 Å². The molecular formula is C10H14N6O. The van der Waals surface area contributed by atoms with E-state index in [4.69, 9.17) is 10.5 Å². The lowest BCUT2D eigenvalue weighted by atomic mass is 10.1. The van der Waals surface area contributed by atoms with Gasteiger partial charge in [0.15, 0.2) is 5.82 Å². The molecule has 17 heavy (non-hydrogen) atoms. The molecule has 0 spiro atoms. The summed E-state index contributed by atoms with van der Waals surface area (Å²) in [6.07, 6.45) is 2.16. The quantitative estimate of drug-likeness (QED) is 0.791. The first-order valence-corrected chi connectivity index (χ1v) is 5.18. The Morgan fingerprint density at radius 3 is 3.00 bits per heavy atom. The van der Waals surface area contributed by atoms with Crippen LogP contribution in [-0.4, -0.2) is 32.3 Å². The first-order chi connectivity index (χ1) is 8.20. The molecule has 2 aromatic heterocycles. The normalized spacial score (nSPS) is 12.4. The van der Waals surface area contributed by atoms with Crippen LogP contribution in [0.3, 0.4) is 0 Å². The highest BCUT2D eigenvalue weighted by molar-refractivity contribution is 5.29. The molecule has 0 aromatic carbocycles. The van der Waals surface area contributed by atoms with Crippen LogP contribution in [-0.2, 0) is 13.5 Å². The molecule has 0 fully saturated rings. The maximum Gasteiger partial charge on any atom is 0.217 e. The Morgan fingerprint density at radius 1 is 1.53 bits per heavy atom. The van der Waals surface area contributed by atoms with Gasteiger partial charge in [-0.05, 0) is 11.3 Å². The van der Waals surface area contributed by atoms with E-state index >= 15 is 0 Å². The number of ether oxygens (including phenoxy) is 1. The van der Waals surface area contributed by atoms with Crippen molar-refractivity contribution in [2.45, 2.75) is 12.5 Å². The van der Waals surface area contributed by atoms with Crippen LogP contribution in [0, 0.1) is 0 Å². The van der Waals surface area contributed by atoms with Crippen LogP contribution >= 0.6 is 0 Å². The zero-order valence-corrected chi connectivity index (χ0v) is 9.74. The average Bonchev–Trinajstić information content (AvgIpc) is 2.74. The van der Waals surface area contributed by atoms with Gasteiger partial charge in [-0.1, -0.05) is 6.07 Å². The summed E-state index contributed by atoms with van der Waals surface area (Å²) in [5.41, 5.74) is 6.91. The Morgan fingerprint density at radius 2 is 2.35 bits per heavy atom. The van der Waals surface area contributed by atoms with Crippen LogP contribution in [0.4, 0.5) is 0 Å². The number of hydrogen-bond acceptors (Lipinski definition) is 6. The topological polar surface area (TPSA) is 91.7 Å². The number of aromatic nitrogens is 5. The summed E-state index contributed by atoms with van der Waals surface area (Å²) < 4.78 is 5.16. The highest BCUT2D eigenvalue weighted by Gasteiger charge is 2.15. The van der Waals surface area contributed by atoms with Crippen molar-refractivity contribution in [2.24, 2.45) is 12.8 Å². The van der Waals surface area contributed by atoms with Gasteiger partial charge in [-0.25, -0.2) is 4.98 Å². The van der Waals surface area contributed by atoms with E-state index < -0.39 is 0 Å². The fourth-order valence-electron chi connectivity index (χ4n) is 1.57. The van der Waals surface area contributed by atoms with Crippen LogP contribution in [0.5, 0.6) is 5.88 Å². The third-order valence-corrected chi connectivity index (χ3v) is 2.35. The number of aryl methyl sites for hydroxylation is 1. The fourth-order valence-corrected chi connectivity index (χ4v) is 1.57. The van der Waals surface area contributed by atoms with Crippen molar-refractivity contribution in [1.82, 2.24) is 25.2 Å². The van der Waals surface area contributed by atoms with Gasteiger partial charge in [0.05, 0.1) is 14.2 Å². The van der Waals surface area contributed by atoms with Gasteiger partial charge in [0.25, 0.3) is 0 Å². The molecule has 7 heteroatoms. The van der Waals surface area contributed by atoms with E-state index in [-0.39, 0.29) is 6.04 Å². The van der Waals surface area contributed by atoms with E-state index in [0.29, 0.717) is 18.1 Å². The lowest BCUT2D eigenvalue weighted by molar-refractivity contribution is 0.388. The van der Waals surface area contributed by atoms with Crippen molar-refractivity contribution < 1.29 is 4.74 Å². The lowest BCUT2D eigenvalue weighted by Crippen LogP contribution is -2.16. The molecule has 0 radical (unpaired) electrons. The lowest BCUT2D eigenvalue weighted by Gasteiger charge is -2.12. The van der Waals surface area contributed by atoms with Crippen LogP contribution in [0.25, 0.3) is 0 Å². The summed E-state index contributed by atoms with van der Waals surface area (Å²) in [4.78, 5) is 5.51. The zero-order valence-electron chi connectivity index (χ0n) is 9.74. The van der Waals surface area contributed by atoms with Gasteiger partial charge in [0.2, 0.25) is 5.88 Å². The van der Waals surface area contributed by atoms with Crippen molar-refractivity contribution >= 4 is 0 Å². The summed E-state index contributed by atoms with van der Waals surface area (Å²) >= 11 is 0. The van der Waals surface area contributed by atoms with Crippen LogP contribution in [0.1, 0.15) is 17.4 Å². The van der Waals surface area contributed by atoms with Crippen LogP contribution in [0.2, 0.25) is 0 Å². The fraction of sp³-hybridized carbons (Fsp3) is 0.400. The molecule has 1 atom stereocenters. The first kappa shape index (κ1) is 11.5. The standard InChI is InChI=1S/C10H14N6O/c1-16-14-9(13-15-16)6-8(11)7-4-3-5-12-10(7)17-2/h3-5,8H,6,11H2,1-2H3. The Balaban J connectivity index is 2.16. The van der Waals surface area contributed by atoms with E-state index in [1.54, 1.807) is 20.4 Å². The molecule has 7 nitrogen and oxygen atoms in total. The molecule has 0 saturated heterocycles. The Bertz CT molecular complexity index is 497. The number of hydrogen-bond donors (Lipinski definition) is 1. The third kappa shape index (κ3) is 2.56. The number of methoxy groups -OCH3 is 1. The molecule has 2 heterocycles. The van der Waals surface area contributed by atoms with Crippen molar-refractivity contribution in [3.05, 3.63) is 29.7 Å². The van der Waals surface area contributed by atoms with Gasteiger partial charge < -0.3 is 10.5 Å². The number of nitrogens with zero attached hydrogens (tertiary/aromatic N) is 5. The zero-order chi connectivity index (χ0) is 12.3. The van der Waals surface area contributed by atoms with E-state index in [1.807, 2.05) is 12.1 Å². The molecule has 0 saturated carbocycles. The van der Waals surface area contributed by atoms with Crippen molar-refractivity contribution in [3.63, 3.8) is 0 Å². The second kappa shape index (κ2) is 4.88. The molecule has 90 valence electrons. The Labute approximate surface area is 98.6 Å². The molecule has 2 aromatic rings. The molecule has 2 N–H and O–H groups in total. The SMILES string of the molecule is COc1ncccc1C(N)Cc1nnn(C)n1. The van der Waals surface area contributed by atoms with Gasteiger partial charge in [-0.3, -0.25) is 0 Å². The maximum atomic E-state index is 6.08. The van der Waals surface area contributed by atoms with Crippen molar-refractivity contribution in [2.75, 3.05) is 7.11 Å². The molecule has 0 amide bonds. The highest BCUT2D eigenvalue weighted by atomic mass is 16.5. The predicted octanol–water partition coefficient (Wildman–Crippen LogP) is -0.144. The maximum absolute atomic E-state index is 6.08. The smallest absolute Gasteiger partial charge is 0.217 e. The molecule has 0 bridgehead atoms. The average molecular weight is 234 g/mol. The molecule has 0 aliphatic heterocycles. The minimum Gasteiger partial charge on any atom is -0.481 e. The summed E-state index contributed by atoms with van der Waals surface area (Å²) in [7, 11) is 3.28. The number of nitrogens with two attached hydrogens (primary N) is 1. The number of pyridine rings is 1. The Kier molecular flexibility index (Phi) is 3.29. The summed E-state index contributed by atoms with van der Waals surface area (Å²) in [5.74, 6) is 1.13. The summed E-state index contributed by atoms with van der Waals surface area (Å²) in [6.45, 7) is 0. The van der Waals surface area contributed by atoms with Crippen molar-refractivity contribution in [1.29, 1.82) is 0 Å². The summed E-state index contributed by atoms with van der Waals surface area (Å²) in [6, 6.07) is 3.44. The molecular weight excluding hydrogens is 220 g/mol. The first-order valence-electron chi connectivity index (χ1n) is 5.18. The largest absolute Gasteiger partial charge is 0.481 e. The second-order valence-electron chi connectivity index (χ2n) is 3.61. The molecule has 0 aliphatic carbocycles. The Hall–Kier alpha value is -2.02. The summed E-state index contributed by atoms with van der Waals surface area (Å²) in [5, 5.41) is 11.7.